The predicted octanol–water partition coefficient (Wildman–Crippen LogP) is 2.64. The number of carbonyl (C=O) groups excluding carboxylic acids is 1. The lowest BCUT2D eigenvalue weighted by Gasteiger charge is -2.35. The fourth-order valence-electron chi connectivity index (χ4n) is 3.10. The average molecular weight is 362 g/mol. The van der Waals surface area contributed by atoms with E-state index in [2.05, 4.69) is 52.2 Å². The van der Waals surface area contributed by atoms with E-state index in [4.69, 9.17) is 5.73 Å². The van der Waals surface area contributed by atoms with Crippen molar-refractivity contribution in [3.63, 3.8) is 0 Å². The van der Waals surface area contributed by atoms with Gasteiger partial charge in [-0.2, -0.15) is 0 Å². The minimum Gasteiger partial charge on any atom is -0.353 e. The molecule has 2 heterocycles. The van der Waals surface area contributed by atoms with Crippen molar-refractivity contribution in [1.29, 1.82) is 0 Å². The van der Waals surface area contributed by atoms with Gasteiger partial charge in [0.05, 0.1) is 12.6 Å². The van der Waals surface area contributed by atoms with Crippen LogP contribution in [0.25, 0.3) is 0 Å². The minimum atomic E-state index is -0.103. The van der Waals surface area contributed by atoms with E-state index in [1.54, 1.807) is 11.8 Å². The van der Waals surface area contributed by atoms with E-state index in [9.17, 15) is 4.79 Å². The third kappa shape index (κ3) is 4.00. The molecule has 2 aromatic rings. The Hall–Kier alpha value is -1.34. The molecule has 0 spiro atoms. The lowest BCUT2D eigenvalue weighted by Crippen LogP contribution is -2.41. The number of nitrogens with two attached hydrogens (primary N) is 1. The first-order chi connectivity index (χ1) is 11.7. The van der Waals surface area contributed by atoms with E-state index >= 15 is 0 Å². The third-order valence-corrected chi connectivity index (χ3v) is 6.22. The van der Waals surface area contributed by atoms with Crippen LogP contribution in [0.1, 0.15) is 22.0 Å². The molecule has 0 fully saturated rings. The first kappa shape index (κ1) is 17.5. The highest BCUT2D eigenvalue weighted by Crippen LogP contribution is 2.30. The van der Waals surface area contributed by atoms with Crippen molar-refractivity contribution in [2.75, 3.05) is 25.9 Å². The van der Waals surface area contributed by atoms with Crippen LogP contribution in [0.3, 0.4) is 0 Å². The Morgan fingerprint density at radius 1 is 1.38 bits per heavy atom. The Morgan fingerprint density at radius 3 is 2.88 bits per heavy atom. The zero-order valence-corrected chi connectivity index (χ0v) is 15.5. The maximum Gasteiger partial charge on any atom is 0.233 e. The average Bonchev–Trinajstić information content (AvgIpc) is 3.10. The summed E-state index contributed by atoms with van der Waals surface area (Å²) in [7, 11) is 0. The molecular weight excluding hydrogens is 338 g/mol. The standard InChI is InChI=1S/C18H23N3OS2/c1-23-15-4-2-13(3-5-15)16(11-20-18(22)10-19)21-8-6-17-14(12-21)7-9-24-17/h2-5,7,9,16H,6,8,10-12,19H2,1H3,(H,20,22). The molecule has 0 aliphatic carbocycles. The first-order valence-electron chi connectivity index (χ1n) is 8.11. The summed E-state index contributed by atoms with van der Waals surface area (Å²) in [6, 6.07) is 11.0. The fraction of sp³-hybridized carbons (Fsp3) is 0.389. The number of fused-ring (bicyclic) bond motifs is 1. The maximum atomic E-state index is 11.6. The normalized spacial score (nSPS) is 15.8. The van der Waals surface area contributed by atoms with Crippen molar-refractivity contribution in [2.45, 2.75) is 23.9 Å². The van der Waals surface area contributed by atoms with Crippen LogP contribution < -0.4 is 11.1 Å². The predicted molar refractivity (Wildman–Crippen MR) is 101 cm³/mol. The second-order valence-corrected chi connectivity index (χ2v) is 7.77. The van der Waals surface area contributed by atoms with Gasteiger partial charge in [-0.25, -0.2) is 0 Å². The van der Waals surface area contributed by atoms with Crippen LogP contribution in [-0.2, 0) is 17.8 Å². The summed E-state index contributed by atoms with van der Waals surface area (Å²) in [5.41, 5.74) is 8.09. The number of nitrogens with one attached hydrogen (secondary N) is 1. The summed E-state index contributed by atoms with van der Waals surface area (Å²) in [5, 5.41) is 5.14. The molecule has 0 saturated carbocycles. The van der Waals surface area contributed by atoms with Gasteiger partial charge in [0, 0.05) is 29.4 Å². The minimum absolute atomic E-state index is 0.0345. The van der Waals surface area contributed by atoms with Gasteiger partial charge in [0.2, 0.25) is 5.91 Å². The molecule has 1 aromatic carbocycles. The summed E-state index contributed by atoms with van der Waals surface area (Å²) in [6.07, 6.45) is 3.16. The van der Waals surface area contributed by atoms with Crippen molar-refractivity contribution in [3.8, 4) is 0 Å². The maximum absolute atomic E-state index is 11.6. The van der Waals surface area contributed by atoms with Crippen LogP contribution in [0.2, 0.25) is 0 Å². The summed E-state index contributed by atoms with van der Waals surface area (Å²) in [6.45, 7) is 2.58. The molecule has 0 radical (unpaired) electrons. The molecule has 1 aliphatic heterocycles. The molecule has 6 heteroatoms. The van der Waals surface area contributed by atoms with Gasteiger partial charge in [0.25, 0.3) is 0 Å². The smallest absolute Gasteiger partial charge is 0.233 e. The lowest BCUT2D eigenvalue weighted by atomic mass is 10.0. The highest BCUT2D eigenvalue weighted by Gasteiger charge is 2.25. The van der Waals surface area contributed by atoms with Crippen LogP contribution in [0.5, 0.6) is 0 Å². The van der Waals surface area contributed by atoms with E-state index in [1.807, 2.05) is 11.3 Å². The van der Waals surface area contributed by atoms with Crippen molar-refractivity contribution in [1.82, 2.24) is 10.2 Å². The second-order valence-electron chi connectivity index (χ2n) is 5.89. The molecule has 1 amide bonds. The van der Waals surface area contributed by atoms with Crippen molar-refractivity contribution in [2.24, 2.45) is 5.73 Å². The SMILES string of the molecule is CSc1ccc(C(CNC(=O)CN)N2CCc3sccc3C2)cc1. The van der Waals surface area contributed by atoms with Gasteiger partial charge in [-0.05, 0) is 47.4 Å². The van der Waals surface area contributed by atoms with Gasteiger partial charge in [-0.1, -0.05) is 12.1 Å². The topological polar surface area (TPSA) is 58.4 Å². The number of thiophene rings is 1. The Morgan fingerprint density at radius 2 is 2.17 bits per heavy atom. The molecule has 24 heavy (non-hydrogen) atoms. The Bertz CT molecular complexity index is 684. The van der Waals surface area contributed by atoms with Crippen molar-refractivity contribution >= 4 is 29.0 Å². The van der Waals surface area contributed by atoms with Gasteiger partial charge < -0.3 is 11.1 Å². The Balaban J connectivity index is 1.80. The highest BCUT2D eigenvalue weighted by atomic mass is 32.2. The molecule has 0 bridgehead atoms. The van der Waals surface area contributed by atoms with Crippen LogP contribution in [0.4, 0.5) is 0 Å². The summed E-state index contributed by atoms with van der Waals surface area (Å²) < 4.78 is 0. The van der Waals surface area contributed by atoms with E-state index in [-0.39, 0.29) is 18.5 Å². The van der Waals surface area contributed by atoms with Crippen molar-refractivity contribution < 1.29 is 4.79 Å². The van der Waals surface area contributed by atoms with E-state index < -0.39 is 0 Å². The largest absolute Gasteiger partial charge is 0.353 e. The van der Waals surface area contributed by atoms with E-state index in [0.29, 0.717) is 6.54 Å². The molecule has 0 saturated heterocycles. The number of carbonyl (C=O) groups is 1. The molecule has 1 atom stereocenters. The molecule has 1 aliphatic rings. The fourth-order valence-corrected chi connectivity index (χ4v) is 4.40. The number of amides is 1. The number of benzene rings is 1. The Labute approximate surface area is 151 Å². The number of rotatable bonds is 6. The molecular formula is C18H23N3OS2. The second kappa shape index (κ2) is 8.16. The lowest BCUT2D eigenvalue weighted by molar-refractivity contribution is -0.120. The number of hydrogen-bond acceptors (Lipinski definition) is 5. The van der Waals surface area contributed by atoms with E-state index in [0.717, 1.165) is 19.5 Å². The quantitative estimate of drug-likeness (QED) is 0.777. The number of thioether (sulfide) groups is 1. The zero-order valence-electron chi connectivity index (χ0n) is 13.8. The Kier molecular flexibility index (Phi) is 5.94. The number of nitrogens with zero attached hydrogens (tertiary/aromatic N) is 1. The summed E-state index contributed by atoms with van der Waals surface area (Å²) in [5.74, 6) is -0.103. The van der Waals surface area contributed by atoms with Gasteiger partial charge in [-0.3, -0.25) is 9.69 Å². The van der Waals surface area contributed by atoms with Crippen molar-refractivity contribution in [3.05, 3.63) is 51.7 Å². The van der Waals surface area contributed by atoms with E-state index in [1.165, 1.54) is 20.9 Å². The number of hydrogen-bond donors (Lipinski definition) is 2. The van der Waals surface area contributed by atoms with Crippen LogP contribution in [0.15, 0.2) is 40.6 Å². The molecule has 4 nitrogen and oxygen atoms in total. The van der Waals surface area contributed by atoms with Crippen LogP contribution in [0, 0.1) is 0 Å². The monoisotopic (exact) mass is 361 g/mol. The van der Waals surface area contributed by atoms with Gasteiger partial charge in [-0.15, -0.1) is 23.1 Å². The first-order valence-corrected chi connectivity index (χ1v) is 10.2. The third-order valence-electron chi connectivity index (χ3n) is 4.46. The summed E-state index contributed by atoms with van der Waals surface area (Å²) in [4.78, 5) is 16.8. The highest BCUT2D eigenvalue weighted by molar-refractivity contribution is 7.98. The molecule has 1 unspecified atom stereocenters. The molecule has 1 aromatic heterocycles. The van der Waals surface area contributed by atoms with Gasteiger partial charge in [0.15, 0.2) is 0 Å². The zero-order chi connectivity index (χ0) is 16.9. The molecule has 3 N–H and O–H groups in total. The van der Waals surface area contributed by atoms with Crippen LogP contribution in [-0.4, -0.2) is 36.7 Å². The van der Waals surface area contributed by atoms with Crippen LogP contribution >= 0.6 is 23.1 Å². The summed E-state index contributed by atoms with van der Waals surface area (Å²) >= 11 is 3.59. The molecule has 128 valence electrons. The van der Waals surface area contributed by atoms with Gasteiger partial charge in [0.1, 0.15) is 0 Å². The van der Waals surface area contributed by atoms with Gasteiger partial charge >= 0.3 is 0 Å². The molecule has 3 rings (SSSR count).